The summed E-state index contributed by atoms with van der Waals surface area (Å²) >= 11 is 0. The fourth-order valence-electron chi connectivity index (χ4n) is 4.25. The number of fused-ring (bicyclic) bond motifs is 1. The molecule has 2 N–H and O–H groups in total. The predicted octanol–water partition coefficient (Wildman–Crippen LogP) is 2.83. The van der Waals surface area contributed by atoms with Gasteiger partial charge in [-0.1, -0.05) is 6.42 Å². The molecule has 0 bridgehead atoms. The van der Waals surface area contributed by atoms with Gasteiger partial charge in [-0.05, 0) is 30.9 Å². The quantitative estimate of drug-likeness (QED) is 0.661. The lowest BCUT2D eigenvalue weighted by molar-refractivity contribution is -0.149. The van der Waals surface area contributed by atoms with E-state index in [2.05, 4.69) is 5.32 Å². The number of carboxylic acid groups (broad SMARTS) is 1. The lowest BCUT2D eigenvalue weighted by Crippen LogP contribution is -2.38. The van der Waals surface area contributed by atoms with E-state index in [1.807, 2.05) is 0 Å². The number of methoxy groups -OCH3 is 2. The molecule has 0 unspecified atom stereocenters. The molecule has 1 aromatic carbocycles. The summed E-state index contributed by atoms with van der Waals surface area (Å²) in [5, 5.41) is 12.5. The number of aliphatic carboxylic acids is 1. The predicted molar refractivity (Wildman–Crippen MR) is 103 cm³/mol. The zero-order chi connectivity index (χ0) is 20.1. The maximum Gasteiger partial charge on any atom is 0.321 e. The number of carbonyl (C=O) groups excluding carboxylic acids is 1. The Hall–Kier alpha value is -2.48. The van der Waals surface area contributed by atoms with E-state index < -0.39 is 11.4 Å². The summed E-state index contributed by atoms with van der Waals surface area (Å²) in [6.07, 6.45) is 3.17. The average Bonchev–Trinajstić information content (AvgIpc) is 3.24. The second-order valence-corrected chi connectivity index (χ2v) is 7.42. The first-order valence-electron chi connectivity index (χ1n) is 9.59. The Morgan fingerprint density at radius 2 is 2.11 bits per heavy atom. The van der Waals surface area contributed by atoms with Crippen molar-refractivity contribution in [2.24, 2.45) is 11.3 Å². The molecule has 1 aliphatic carbocycles. The number of hydrogen-bond acceptors (Lipinski definition) is 5. The van der Waals surface area contributed by atoms with Crippen LogP contribution >= 0.6 is 0 Å². The highest BCUT2D eigenvalue weighted by molar-refractivity contribution is 5.91. The van der Waals surface area contributed by atoms with Crippen molar-refractivity contribution in [2.45, 2.75) is 25.7 Å². The van der Waals surface area contributed by atoms with Gasteiger partial charge >= 0.3 is 12.0 Å². The highest BCUT2D eigenvalue weighted by Crippen LogP contribution is 2.49. The Labute approximate surface area is 164 Å². The molecule has 2 amide bonds. The molecular formula is C20H28N2O6. The number of likely N-dealkylation sites (tertiary alicyclic amines) is 1. The molecule has 0 radical (unpaired) electrons. The smallest absolute Gasteiger partial charge is 0.321 e. The SMILES string of the molecule is COCCCOc1ccc(NC(=O)N2C[C@@H]3CCC[C@@]3(C(=O)O)C2)cc1OC. The van der Waals surface area contributed by atoms with E-state index in [1.165, 1.54) is 0 Å². The molecule has 2 atom stereocenters. The van der Waals surface area contributed by atoms with Gasteiger partial charge in [0.05, 0.1) is 19.1 Å². The molecule has 8 heteroatoms. The van der Waals surface area contributed by atoms with Crippen LogP contribution < -0.4 is 14.8 Å². The van der Waals surface area contributed by atoms with Crippen LogP contribution in [0.3, 0.4) is 0 Å². The molecule has 1 aromatic rings. The van der Waals surface area contributed by atoms with Crippen molar-refractivity contribution >= 4 is 17.7 Å². The van der Waals surface area contributed by atoms with Gasteiger partial charge in [0.1, 0.15) is 0 Å². The lowest BCUT2D eigenvalue weighted by atomic mass is 9.81. The number of rotatable bonds is 8. The molecule has 3 rings (SSSR count). The van der Waals surface area contributed by atoms with Crippen LogP contribution in [0.4, 0.5) is 10.5 Å². The van der Waals surface area contributed by atoms with Crippen LogP contribution in [0.15, 0.2) is 18.2 Å². The van der Waals surface area contributed by atoms with Crippen molar-refractivity contribution in [3.8, 4) is 11.5 Å². The summed E-state index contributed by atoms with van der Waals surface area (Å²) in [5.41, 5.74) is -0.206. The van der Waals surface area contributed by atoms with E-state index in [0.29, 0.717) is 43.4 Å². The van der Waals surface area contributed by atoms with Gasteiger partial charge in [0.25, 0.3) is 0 Å². The minimum atomic E-state index is -0.790. The molecule has 0 spiro atoms. The summed E-state index contributed by atoms with van der Waals surface area (Å²) in [6, 6.07) is 4.91. The standard InChI is InChI=1S/C20H28N2O6/c1-26-9-4-10-28-16-7-6-15(11-17(16)27-2)21-19(25)22-12-14-5-3-8-20(14,13-22)18(23)24/h6-7,11,14H,3-5,8-10,12-13H2,1-2H3,(H,21,25)(H,23,24)/t14-,20+/m0/s1. The van der Waals surface area contributed by atoms with Gasteiger partial charge in [-0.3, -0.25) is 4.79 Å². The zero-order valence-electron chi connectivity index (χ0n) is 16.4. The third-order valence-electron chi connectivity index (χ3n) is 5.75. The second kappa shape index (κ2) is 8.68. The van der Waals surface area contributed by atoms with Gasteiger partial charge in [0, 0.05) is 45.0 Å². The Morgan fingerprint density at radius 1 is 1.29 bits per heavy atom. The molecule has 2 aliphatic rings. The van der Waals surface area contributed by atoms with Gasteiger partial charge in [-0.25, -0.2) is 4.79 Å². The van der Waals surface area contributed by atoms with E-state index in [0.717, 1.165) is 19.3 Å². The fourth-order valence-corrected chi connectivity index (χ4v) is 4.25. The molecule has 1 heterocycles. The summed E-state index contributed by atoms with van der Waals surface area (Å²) in [4.78, 5) is 26.1. The monoisotopic (exact) mass is 392 g/mol. The van der Waals surface area contributed by atoms with Gasteiger partial charge in [0.15, 0.2) is 11.5 Å². The summed E-state index contributed by atoms with van der Waals surface area (Å²) in [6.45, 7) is 1.86. The van der Waals surface area contributed by atoms with Crippen LogP contribution in [0, 0.1) is 11.3 Å². The largest absolute Gasteiger partial charge is 0.493 e. The van der Waals surface area contributed by atoms with Crippen molar-refractivity contribution in [2.75, 3.05) is 45.8 Å². The Morgan fingerprint density at radius 3 is 2.79 bits per heavy atom. The summed E-state index contributed by atoms with van der Waals surface area (Å²) in [5.74, 6) is 0.364. The first-order valence-corrected chi connectivity index (χ1v) is 9.59. The minimum absolute atomic E-state index is 0.0353. The number of carbonyl (C=O) groups is 2. The number of urea groups is 1. The number of nitrogens with one attached hydrogen (secondary N) is 1. The van der Waals surface area contributed by atoms with Gasteiger partial charge in [-0.15, -0.1) is 0 Å². The number of benzene rings is 1. The number of nitrogens with zero attached hydrogens (tertiary/aromatic N) is 1. The van der Waals surface area contributed by atoms with Crippen molar-refractivity contribution in [1.82, 2.24) is 4.90 Å². The zero-order valence-corrected chi connectivity index (χ0v) is 16.4. The van der Waals surface area contributed by atoms with E-state index in [-0.39, 0.29) is 18.5 Å². The topological polar surface area (TPSA) is 97.3 Å². The van der Waals surface area contributed by atoms with Crippen molar-refractivity contribution in [3.63, 3.8) is 0 Å². The normalized spacial score (nSPS) is 23.4. The van der Waals surface area contributed by atoms with E-state index in [9.17, 15) is 14.7 Å². The van der Waals surface area contributed by atoms with Gasteiger partial charge in [-0.2, -0.15) is 0 Å². The Bertz CT molecular complexity index is 725. The highest BCUT2D eigenvalue weighted by Gasteiger charge is 2.55. The van der Waals surface area contributed by atoms with Crippen LogP contribution in [0.2, 0.25) is 0 Å². The Kier molecular flexibility index (Phi) is 6.28. The molecule has 1 saturated carbocycles. The second-order valence-electron chi connectivity index (χ2n) is 7.42. The fraction of sp³-hybridized carbons (Fsp3) is 0.600. The molecule has 1 aliphatic heterocycles. The molecule has 154 valence electrons. The maximum atomic E-state index is 12.7. The molecule has 0 aromatic heterocycles. The van der Waals surface area contributed by atoms with Gasteiger partial charge < -0.3 is 29.5 Å². The molecule has 1 saturated heterocycles. The van der Waals surface area contributed by atoms with Crippen molar-refractivity contribution < 1.29 is 28.9 Å². The van der Waals surface area contributed by atoms with E-state index in [4.69, 9.17) is 14.2 Å². The average molecular weight is 392 g/mol. The van der Waals surface area contributed by atoms with Crippen LogP contribution in [0.25, 0.3) is 0 Å². The third kappa shape index (κ3) is 4.01. The van der Waals surface area contributed by atoms with Crippen LogP contribution in [0.1, 0.15) is 25.7 Å². The van der Waals surface area contributed by atoms with Crippen LogP contribution in [0.5, 0.6) is 11.5 Å². The molecular weight excluding hydrogens is 364 g/mol. The first-order chi connectivity index (χ1) is 13.5. The Balaban J connectivity index is 1.62. The molecule has 8 nitrogen and oxygen atoms in total. The van der Waals surface area contributed by atoms with Crippen LogP contribution in [-0.4, -0.2) is 62.5 Å². The highest BCUT2D eigenvalue weighted by atomic mass is 16.5. The van der Waals surface area contributed by atoms with Gasteiger partial charge in [0.2, 0.25) is 0 Å². The van der Waals surface area contributed by atoms with Crippen LogP contribution in [-0.2, 0) is 9.53 Å². The number of anilines is 1. The first kappa shape index (κ1) is 20.3. The maximum absolute atomic E-state index is 12.7. The summed E-state index contributed by atoms with van der Waals surface area (Å²) in [7, 11) is 3.19. The number of ether oxygens (including phenoxy) is 3. The third-order valence-corrected chi connectivity index (χ3v) is 5.75. The van der Waals surface area contributed by atoms with Crippen molar-refractivity contribution in [3.05, 3.63) is 18.2 Å². The van der Waals surface area contributed by atoms with E-state index in [1.54, 1.807) is 37.3 Å². The van der Waals surface area contributed by atoms with Crippen molar-refractivity contribution in [1.29, 1.82) is 0 Å². The number of carboxylic acids is 1. The minimum Gasteiger partial charge on any atom is -0.493 e. The number of hydrogen-bond donors (Lipinski definition) is 2. The lowest BCUT2D eigenvalue weighted by Gasteiger charge is -2.23. The summed E-state index contributed by atoms with van der Waals surface area (Å²) < 4.78 is 16.0. The molecule has 2 fully saturated rings. The number of amides is 2. The van der Waals surface area contributed by atoms with E-state index >= 15 is 0 Å². The molecule has 28 heavy (non-hydrogen) atoms.